The van der Waals surface area contributed by atoms with Gasteiger partial charge in [0.15, 0.2) is 17.9 Å². The largest absolute Gasteiger partial charge is 0.400 e. The highest BCUT2D eigenvalue weighted by Gasteiger charge is 2.60. The molecule has 2 heterocycles. The van der Waals surface area contributed by atoms with Crippen LogP contribution in [0.5, 0.6) is 0 Å². The topological polar surface area (TPSA) is 336 Å². The zero-order chi connectivity index (χ0) is 36.0. The van der Waals surface area contributed by atoms with E-state index in [1.54, 1.807) is 0 Å². The van der Waals surface area contributed by atoms with Crippen LogP contribution < -0.4 is 33.6 Å². The number of aliphatic hydroxyl groups excluding tert-OH is 6. The van der Waals surface area contributed by atoms with Crippen LogP contribution in [0, 0.1) is 0 Å². The number of halogens is 1. The predicted octanol–water partition coefficient (Wildman–Crippen LogP) is -5.37. The molecule has 10 unspecified atom stereocenters. The maximum Gasteiger partial charge on any atom is 0.254 e. The molecule has 19 nitrogen and oxygen atoms in total. The van der Waals surface area contributed by atoms with Crippen LogP contribution in [0.1, 0.15) is 51.4 Å². The molecule has 4 rings (SSSR count). The summed E-state index contributed by atoms with van der Waals surface area (Å²) in [5.74, 6) is -0.802. The van der Waals surface area contributed by atoms with Gasteiger partial charge in [-0.05, 0) is 43.2 Å². The molecule has 4 fully saturated rings. The van der Waals surface area contributed by atoms with Crippen LogP contribution in [0.3, 0.4) is 0 Å². The Hall–Kier alpha value is -1.89. The number of nitrogens with two attached hydrogens (primary N) is 4. The number of nitrogens with one attached hydrogen (secondary N) is 2. The number of carbonyl (C=O) groups is 1. The normalized spacial score (nSPS) is 38.3. The highest BCUT2D eigenvalue weighted by Crippen LogP contribution is 2.39. The Morgan fingerprint density at radius 2 is 1.81 bits per heavy atom. The average molecular weight is 702 g/mol. The summed E-state index contributed by atoms with van der Waals surface area (Å²) >= 11 is 0. The van der Waals surface area contributed by atoms with Crippen molar-refractivity contribution in [2.45, 2.75) is 130 Å². The third-order valence-electron chi connectivity index (χ3n) is 8.41. The van der Waals surface area contributed by atoms with Gasteiger partial charge in [-0.1, -0.05) is 0 Å². The van der Waals surface area contributed by atoms with E-state index in [1.807, 2.05) is 0 Å². The molecule has 0 aromatic heterocycles. The van der Waals surface area contributed by atoms with Gasteiger partial charge in [-0.15, -0.1) is 0 Å². The monoisotopic (exact) mass is 701 g/mol. The fraction of sp³-hybridized carbons (Fsp3) is 0.929. The Morgan fingerprint density at radius 1 is 1.10 bits per heavy atom. The van der Waals surface area contributed by atoms with Gasteiger partial charge in [0.05, 0.1) is 43.2 Å². The molecule has 0 aromatic rings. The first-order valence-electron chi connectivity index (χ1n) is 16.1. The molecule has 0 radical (unpaired) electrons. The van der Waals surface area contributed by atoms with Crippen molar-refractivity contribution in [3.8, 4) is 0 Å². The number of aliphatic imine (C=N–C) groups is 1. The molecule has 20 heteroatoms. The Labute approximate surface area is 278 Å². The minimum absolute atomic E-state index is 0.00560. The standard InChI is InChI=1S/C22H43N7O7.C5H9FO4.CH4O/c23-5-1-2-12(30)9-27-10-16-14(31)3-4-18(35-16)36-19-13(24)6-11(7-15(19)32)28-20(33)22(34)8-17(22)29-21(25)26;6-10-5-4(8)1-3(7)2-9-5;1-2/h11-19,27,30-32,34H,1-10,23-24H2,(H,28,33)(H4,25,26,29);3-5,7-8H,1-2H2;2H,1H3/t11?,12?,13?,14-,15?,16?,17?,18+,19+,22?;;/m0../s1. The second-order valence-corrected chi connectivity index (χ2v) is 12.4. The first-order valence-corrected chi connectivity index (χ1v) is 16.1. The van der Waals surface area contributed by atoms with Gasteiger partial charge in [-0.2, -0.15) is 4.94 Å². The zero-order valence-corrected chi connectivity index (χ0v) is 27.2. The fourth-order valence-electron chi connectivity index (χ4n) is 5.72. The fourth-order valence-corrected chi connectivity index (χ4v) is 5.72. The van der Waals surface area contributed by atoms with Gasteiger partial charge >= 0.3 is 0 Å². The molecule has 13 atom stereocenters. The molecule has 2 aliphatic heterocycles. The number of aliphatic hydroxyl groups is 7. The summed E-state index contributed by atoms with van der Waals surface area (Å²) in [5.41, 5.74) is 20.7. The van der Waals surface area contributed by atoms with E-state index in [2.05, 4.69) is 25.3 Å². The summed E-state index contributed by atoms with van der Waals surface area (Å²) in [6.45, 7) is 1.22. The van der Waals surface area contributed by atoms with Gasteiger partial charge in [0.1, 0.15) is 12.2 Å². The predicted molar refractivity (Wildman–Crippen MR) is 167 cm³/mol. The van der Waals surface area contributed by atoms with Crippen molar-refractivity contribution >= 4 is 11.9 Å². The van der Waals surface area contributed by atoms with E-state index in [-0.39, 0.29) is 31.8 Å². The minimum atomic E-state index is -1.66. The third-order valence-corrected chi connectivity index (χ3v) is 8.41. The average Bonchev–Trinajstić information content (AvgIpc) is 3.69. The lowest BCUT2D eigenvalue weighted by Gasteiger charge is -2.42. The third kappa shape index (κ3) is 13.1. The van der Waals surface area contributed by atoms with Crippen molar-refractivity contribution in [2.75, 3.05) is 33.4 Å². The van der Waals surface area contributed by atoms with Gasteiger partial charge in [0.25, 0.3) is 5.91 Å². The van der Waals surface area contributed by atoms with E-state index in [0.717, 1.165) is 13.5 Å². The highest BCUT2D eigenvalue weighted by molar-refractivity contribution is 5.90. The minimum Gasteiger partial charge on any atom is -0.400 e. The van der Waals surface area contributed by atoms with Crippen LogP contribution in [0.15, 0.2) is 4.99 Å². The van der Waals surface area contributed by atoms with Crippen molar-refractivity contribution in [2.24, 2.45) is 27.9 Å². The SMILES string of the molecule is CO.NCCCC(O)CNCC1O[C@H](O[C@@H]2C(N)CC(NC(=O)C3(O)CC3N=C(N)N)CC2O)CC[C@@H]1O.OC1COC(OF)C(O)C1. The number of ether oxygens (including phenoxy) is 3. The Morgan fingerprint density at radius 3 is 2.42 bits per heavy atom. The molecule has 17 N–H and O–H groups in total. The van der Waals surface area contributed by atoms with Gasteiger partial charge in [-0.25, -0.2) is 4.99 Å². The van der Waals surface area contributed by atoms with E-state index < -0.39 is 84.9 Å². The molecule has 0 aromatic carbocycles. The highest BCUT2D eigenvalue weighted by atomic mass is 19.3. The number of nitrogens with zero attached hydrogens (tertiary/aromatic N) is 1. The Kier molecular flexibility index (Phi) is 18.2. The molecule has 2 saturated heterocycles. The van der Waals surface area contributed by atoms with Crippen LogP contribution in [0.4, 0.5) is 4.53 Å². The van der Waals surface area contributed by atoms with Gasteiger partial charge in [0.2, 0.25) is 6.29 Å². The summed E-state index contributed by atoms with van der Waals surface area (Å²) in [6, 6.07) is -1.73. The lowest BCUT2D eigenvalue weighted by atomic mass is 9.86. The summed E-state index contributed by atoms with van der Waals surface area (Å²) in [7, 11) is 1.00. The summed E-state index contributed by atoms with van der Waals surface area (Å²) in [4.78, 5) is 19.6. The maximum atomic E-state index is 12.5. The van der Waals surface area contributed by atoms with Gasteiger partial charge < -0.3 is 83.5 Å². The number of hydrogen-bond donors (Lipinski definition) is 13. The van der Waals surface area contributed by atoms with Gasteiger partial charge in [-0.3, -0.25) is 4.79 Å². The van der Waals surface area contributed by atoms with Crippen molar-refractivity contribution < 1.29 is 64.2 Å². The molecule has 282 valence electrons. The summed E-state index contributed by atoms with van der Waals surface area (Å²) in [5, 5.41) is 71.9. The molecular weight excluding hydrogens is 645 g/mol. The van der Waals surface area contributed by atoms with Gasteiger partial charge in [0, 0.05) is 51.5 Å². The van der Waals surface area contributed by atoms with Crippen molar-refractivity contribution in [3.05, 3.63) is 0 Å². The Balaban J connectivity index is 0.000000564. The van der Waals surface area contributed by atoms with E-state index in [9.17, 15) is 29.7 Å². The van der Waals surface area contributed by atoms with Crippen molar-refractivity contribution in [1.82, 2.24) is 10.6 Å². The van der Waals surface area contributed by atoms with Crippen LogP contribution >= 0.6 is 0 Å². The summed E-state index contributed by atoms with van der Waals surface area (Å²) < 4.78 is 27.9. The smallest absolute Gasteiger partial charge is 0.254 e. The number of guanidine groups is 1. The number of amides is 1. The molecule has 4 aliphatic rings. The first kappa shape index (κ1) is 42.3. The van der Waals surface area contributed by atoms with Crippen LogP contribution in [-0.2, 0) is 23.9 Å². The molecule has 0 bridgehead atoms. The lowest BCUT2D eigenvalue weighted by Crippen LogP contribution is -2.58. The lowest BCUT2D eigenvalue weighted by molar-refractivity contribution is -0.324. The molecule has 0 spiro atoms. The molecule has 1 amide bonds. The zero-order valence-electron chi connectivity index (χ0n) is 27.2. The Bertz CT molecular complexity index is 964. The maximum absolute atomic E-state index is 12.5. The van der Waals surface area contributed by atoms with E-state index >= 15 is 0 Å². The quantitative estimate of drug-likeness (QED) is 0.0629. The number of carbonyl (C=O) groups excluding carboxylic acids is 1. The van der Waals surface area contributed by atoms with E-state index in [0.29, 0.717) is 45.3 Å². The molecular formula is C28H56FN7O12. The van der Waals surface area contributed by atoms with Crippen molar-refractivity contribution in [3.63, 3.8) is 0 Å². The molecule has 2 saturated carbocycles. The molecule has 2 aliphatic carbocycles. The second-order valence-electron chi connectivity index (χ2n) is 12.4. The molecule has 48 heavy (non-hydrogen) atoms. The van der Waals surface area contributed by atoms with E-state index in [4.69, 9.17) is 47.7 Å². The number of hydrogen-bond acceptors (Lipinski definition) is 16. The van der Waals surface area contributed by atoms with Crippen LogP contribution in [0.2, 0.25) is 0 Å². The summed E-state index contributed by atoms with van der Waals surface area (Å²) in [6.07, 6.45) is -4.16. The van der Waals surface area contributed by atoms with Crippen LogP contribution in [0.25, 0.3) is 0 Å². The number of rotatable bonds is 13. The second kappa shape index (κ2) is 20.7. The van der Waals surface area contributed by atoms with E-state index in [1.165, 1.54) is 0 Å². The first-order chi connectivity index (χ1) is 22.8. The van der Waals surface area contributed by atoms with Crippen molar-refractivity contribution in [1.29, 1.82) is 0 Å². The van der Waals surface area contributed by atoms with Crippen LogP contribution in [-0.4, -0.2) is 160 Å².